The third-order valence-electron chi connectivity index (χ3n) is 4.00. The Morgan fingerprint density at radius 3 is 2.61 bits per heavy atom. The summed E-state index contributed by atoms with van der Waals surface area (Å²) in [6, 6.07) is 7.47. The van der Waals surface area contributed by atoms with Crippen molar-refractivity contribution < 1.29 is 14.3 Å². The van der Waals surface area contributed by atoms with Gasteiger partial charge in [0, 0.05) is 24.1 Å². The Hall–Kier alpha value is -2.69. The van der Waals surface area contributed by atoms with Crippen LogP contribution in [0.2, 0.25) is 0 Å². The van der Waals surface area contributed by atoms with Crippen molar-refractivity contribution in [3.63, 3.8) is 0 Å². The largest absolute Gasteiger partial charge is 0.477 e. The number of carbonyl (C=O) groups excluding carboxylic acids is 1. The number of nitrogens with zero attached hydrogens (tertiary/aromatic N) is 2. The van der Waals surface area contributed by atoms with Gasteiger partial charge in [0.2, 0.25) is 11.8 Å². The third-order valence-corrected chi connectivity index (χ3v) is 4.00. The zero-order chi connectivity index (χ0) is 15.6. The minimum Gasteiger partial charge on any atom is -0.477 e. The first-order valence-electron chi connectivity index (χ1n) is 7.76. The van der Waals surface area contributed by atoms with E-state index >= 15 is 0 Å². The molecular formula is C18H16N2O3. The second kappa shape index (κ2) is 5.83. The number of rotatable bonds is 2. The van der Waals surface area contributed by atoms with Crippen molar-refractivity contribution in [3.8, 4) is 0 Å². The van der Waals surface area contributed by atoms with Crippen LogP contribution in [0.5, 0.6) is 0 Å². The second-order valence-electron chi connectivity index (χ2n) is 5.59. The minimum atomic E-state index is -0.312. The van der Waals surface area contributed by atoms with E-state index in [1.165, 1.54) is 0 Å². The number of aliphatic imine (C=N–C) groups is 2. The summed E-state index contributed by atoms with van der Waals surface area (Å²) in [7, 11) is 0. The van der Waals surface area contributed by atoms with Crippen molar-refractivity contribution in [1.82, 2.24) is 0 Å². The SMILES string of the molecule is O=C1OC(c2ccc(C3=NCCCO3)cc2)=N[C@H]2CC=CC=C12. The Morgan fingerprint density at radius 2 is 1.87 bits per heavy atom. The maximum absolute atomic E-state index is 12.1. The van der Waals surface area contributed by atoms with Gasteiger partial charge in [0.25, 0.3) is 0 Å². The Morgan fingerprint density at radius 1 is 1.09 bits per heavy atom. The van der Waals surface area contributed by atoms with Crippen molar-refractivity contribution in [2.75, 3.05) is 13.2 Å². The molecule has 0 amide bonds. The van der Waals surface area contributed by atoms with Crippen molar-refractivity contribution in [2.24, 2.45) is 9.98 Å². The fraction of sp³-hybridized carbons (Fsp3) is 0.278. The highest BCUT2D eigenvalue weighted by Gasteiger charge is 2.29. The Bertz CT molecular complexity index is 757. The lowest BCUT2D eigenvalue weighted by molar-refractivity contribution is -0.132. The third kappa shape index (κ3) is 2.70. The summed E-state index contributed by atoms with van der Waals surface area (Å²) in [4.78, 5) is 21.0. The number of cyclic esters (lactones) is 1. The van der Waals surface area contributed by atoms with Gasteiger partial charge in [-0.2, -0.15) is 0 Å². The predicted molar refractivity (Wildman–Crippen MR) is 86.7 cm³/mol. The van der Waals surface area contributed by atoms with Gasteiger partial charge in [0.05, 0.1) is 18.2 Å². The first-order chi connectivity index (χ1) is 11.3. The molecule has 0 unspecified atom stereocenters. The van der Waals surface area contributed by atoms with Gasteiger partial charge in [-0.1, -0.05) is 12.2 Å². The lowest BCUT2D eigenvalue weighted by atomic mass is 9.98. The number of benzene rings is 1. The molecule has 1 aromatic rings. The molecule has 2 heterocycles. The van der Waals surface area contributed by atoms with Gasteiger partial charge in [-0.25, -0.2) is 9.79 Å². The molecule has 0 fully saturated rings. The monoisotopic (exact) mass is 308 g/mol. The highest BCUT2D eigenvalue weighted by atomic mass is 16.5. The predicted octanol–water partition coefficient (Wildman–Crippen LogP) is 2.41. The van der Waals surface area contributed by atoms with Gasteiger partial charge in [-0.05, 0) is 36.8 Å². The molecule has 0 spiro atoms. The summed E-state index contributed by atoms with van der Waals surface area (Å²) in [6.07, 6.45) is 7.34. The summed E-state index contributed by atoms with van der Waals surface area (Å²) in [5, 5.41) is 0. The van der Waals surface area contributed by atoms with Crippen LogP contribution in [0.25, 0.3) is 0 Å². The molecule has 3 aliphatic rings. The van der Waals surface area contributed by atoms with Crippen LogP contribution in [-0.4, -0.2) is 37.0 Å². The Kier molecular flexibility index (Phi) is 3.54. The van der Waals surface area contributed by atoms with Crippen LogP contribution < -0.4 is 0 Å². The van der Waals surface area contributed by atoms with Gasteiger partial charge < -0.3 is 9.47 Å². The van der Waals surface area contributed by atoms with Crippen LogP contribution in [-0.2, 0) is 14.3 Å². The molecule has 1 atom stereocenters. The van der Waals surface area contributed by atoms with Crippen molar-refractivity contribution in [2.45, 2.75) is 18.9 Å². The molecule has 1 aromatic carbocycles. The molecule has 0 radical (unpaired) electrons. The first-order valence-corrected chi connectivity index (χ1v) is 7.76. The molecule has 2 aliphatic heterocycles. The average Bonchev–Trinajstić information content (AvgIpc) is 2.63. The van der Waals surface area contributed by atoms with E-state index in [9.17, 15) is 4.79 Å². The van der Waals surface area contributed by atoms with Crippen molar-refractivity contribution >= 4 is 17.8 Å². The van der Waals surface area contributed by atoms with Gasteiger partial charge in [-0.3, -0.25) is 4.99 Å². The lowest BCUT2D eigenvalue weighted by Crippen LogP contribution is -2.30. The van der Waals surface area contributed by atoms with E-state index in [2.05, 4.69) is 9.98 Å². The van der Waals surface area contributed by atoms with E-state index in [-0.39, 0.29) is 12.0 Å². The number of esters is 1. The Labute approximate surface area is 134 Å². The van der Waals surface area contributed by atoms with E-state index in [4.69, 9.17) is 9.47 Å². The van der Waals surface area contributed by atoms with Crippen LogP contribution in [0.4, 0.5) is 0 Å². The van der Waals surface area contributed by atoms with Crippen LogP contribution in [0.3, 0.4) is 0 Å². The number of carbonyl (C=O) groups is 1. The summed E-state index contributed by atoms with van der Waals surface area (Å²) in [6.45, 7) is 1.50. The minimum absolute atomic E-state index is 0.137. The lowest BCUT2D eigenvalue weighted by Gasteiger charge is -2.23. The maximum atomic E-state index is 12.1. The van der Waals surface area contributed by atoms with E-state index in [1.54, 1.807) is 6.08 Å². The molecule has 0 saturated carbocycles. The van der Waals surface area contributed by atoms with E-state index in [0.717, 1.165) is 30.5 Å². The van der Waals surface area contributed by atoms with E-state index in [0.29, 0.717) is 24.0 Å². The number of ether oxygens (including phenoxy) is 2. The molecular weight excluding hydrogens is 292 g/mol. The molecule has 116 valence electrons. The summed E-state index contributed by atoms with van der Waals surface area (Å²) in [5.74, 6) is 0.743. The molecule has 23 heavy (non-hydrogen) atoms. The average molecular weight is 308 g/mol. The van der Waals surface area contributed by atoms with E-state index in [1.807, 2.05) is 36.4 Å². The van der Waals surface area contributed by atoms with Crippen LogP contribution >= 0.6 is 0 Å². The summed E-state index contributed by atoms with van der Waals surface area (Å²) in [5.41, 5.74) is 2.34. The van der Waals surface area contributed by atoms with Gasteiger partial charge >= 0.3 is 5.97 Å². The van der Waals surface area contributed by atoms with Crippen LogP contribution in [0.15, 0.2) is 58.1 Å². The highest BCUT2D eigenvalue weighted by Crippen LogP contribution is 2.24. The number of hydrogen-bond acceptors (Lipinski definition) is 5. The van der Waals surface area contributed by atoms with Gasteiger partial charge in [0.15, 0.2) is 0 Å². The topological polar surface area (TPSA) is 60.2 Å². The number of hydrogen-bond donors (Lipinski definition) is 0. The standard InChI is InChI=1S/C18H16N2O3/c21-18-14-4-1-2-5-15(14)20-17(23-18)13-8-6-12(7-9-13)16-19-10-3-11-22-16/h1-2,4,6-9,15H,3,5,10-11H2/t15-/m0/s1. The van der Waals surface area contributed by atoms with Crippen molar-refractivity contribution in [1.29, 1.82) is 0 Å². The second-order valence-corrected chi connectivity index (χ2v) is 5.59. The normalized spacial score (nSPS) is 23.0. The quantitative estimate of drug-likeness (QED) is 0.788. The van der Waals surface area contributed by atoms with Gasteiger partial charge in [-0.15, -0.1) is 0 Å². The molecule has 0 bridgehead atoms. The van der Waals surface area contributed by atoms with E-state index < -0.39 is 0 Å². The van der Waals surface area contributed by atoms with Crippen molar-refractivity contribution in [3.05, 3.63) is 59.2 Å². The smallest absolute Gasteiger partial charge is 0.342 e. The molecule has 4 rings (SSSR count). The number of allylic oxidation sites excluding steroid dienone is 2. The zero-order valence-electron chi connectivity index (χ0n) is 12.6. The highest BCUT2D eigenvalue weighted by molar-refractivity contribution is 6.08. The van der Waals surface area contributed by atoms with Crippen LogP contribution in [0.1, 0.15) is 24.0 Å². The molecule has 1 aliphatic carbocycles. The zero-order valence-corrected chi connectivity index (χ0v) is 12.6. The molecule has 5 nitrogen and oxygen atoms in total. The summed E-state index contributed by atoms with van der Waals surface area (Å²) >= 11 is 0. The fourth-order valence-corrected chi connectivity index (χ4v) is 2.78. The van der Waals surface area contributed by atoms with Gasteiger partial charge in [0.1, 0.15) is 0 Å². The first kappa shape index (κ1) is 13.9. The fourth-order valence-electron chi connectivity index (χ4n) is 2.78. The number of fused-ring (bicyclic) bond motifs is 1. The summed E-state index contributed by atoms with van der Waals surface area (Å²) < 4.78 is 10.9. The Balaban J connectivity index is 1.60. The maximum Gasteiger partial charge on any atom is 0.342 e. The molecule has 0 N–H and O–H groups in total. The van der Waals surface area contributed by atoms with Crippen LogP contribution in [0, 0.1) is 0 Å². The molecule has 5 heteroatoms. The molecule has 0 saturated heterocycles. The molecule has 0 aromatic heterocycles.